The number of amides is 2. The maximum Gasteiger partial charge on any atom is 0.309 e. The highest BCUT2D eigenvalue weighted by Gasteiger charge is 2.38. The quantitative estimate of drug-likeness (QED) is 0.0817. The first kappa shape index (κ1) is 38.6. The zero-order valence-electron chi connectivity index (χ0n) is 31.1. The molecule has 1 aliphatic heterocycles. The average molecular weight is 727 g/mol. The number of carbonyl (C=O) groups excluding carboxylic acids is 3. The van der Waals surface area contributed by atoms with Crippen molar-refractivity contribution in [2.24, 2.45) is 5.41 Å². The summed E-state index contributed by atoms with van der Waals surface area (Å²) < 4.78 is 11.6. The number of fused-ring (bicyclic) bond motifs is 1. The molecule has 0 fully saturated rings. The van der Waals surface area contributed by atoms with Gasteiger partial charge in [-0.3, -0.25) is 19.7 Å². The molecule has 1 atom stereocenters. The Kier molecular flexibility index (Phi) is 12.1. The van der Waals surface area contributed by atoms with Gasteiger partial charge in [-0.05, 0) is 69.5 Å². The number of thiazole rings is 1. The molecule has 0 radical (unpaired) electrons. The normalized spacial score (nSPS) is 13.8. The van der Waals surface area contributed by atoms with Gasteiger partial charge in [0.15, 0.2) is 5.13 Å². The second-order valence-electron chi connectivity index (χ2n) is 15.5. The van der Waals surface area contributed by atoms with Gasteiger partial charge in [0.25, 0.3) is 11.8 Å². The Morgan fingerprint density at radius 3 is 2.37 bits per heavy atom. The first-order valence-corrected chi connectivity index (χ1v) is 18.4. The van der Waals surface area contributed by atoms with Crippen LogP contribution in [0.3, 0.4) is 0 Å². The molecule has 3 heterocycles. The van der Waals surface area contributed by atoms with Crippen LogP contribution >= 0.6 is 11.3 Å². The van der Waals surface area contributed by atoms with E-state index in [2.05, 4.69) is 39.8 Å². The number of carbonyl (C=O) groups is 3. The predicted octanol–water partition coefficient (Wildman–Crippen LogP) is 7.10. The first-order chi connectivity index (χ1) is 24.6. The molecule has 0 spiro atoms. The topological polar surface area (TPSA) is 135 Å². The number of hydrogen-bond donors (Lipinski definition) is 3. The lowest BCUT2D eigenvalue weighted by Gasteiger charge is -2.32. The summed E-state index contributed by atoms with van der Waals surface area (Å²) in [5, 5.41) is 12.0. The van der Waals surface area contributed by atoms with E-state index in [1.54, 1.807) is 22.7 Å². The Morgan fingerprint density at radius 1 is 0.942 bits per heavy atom. The minimum atomic E-state index is -0.808. The van der Waals surface area contributed by atoms with Gasteiger partial charge >= 0.3 is 5.97 Å². The summed E-state index contributed by atoms with van der Waals surface area (Å²) in [6.45, 7) is 16.6. The van der Waals surface area contributed by atoms with Crippen molar-refractivity contribution in [1.82, 2.24) is 20.2 Å². The van der Waals surface area contributed by atoms with Crippen LogP contribution in [0, 0.1) is 5.41 Å². The number of anilines is 2. The number of pyridine rings is 1. The molecular formula is C40H50N6O5S. The Morgan fingerprint density at radius 2 is 1.69 bits per heavy atom. The zero-order chi connectivity index (χ0) is 37.5. The molecule has 12 heteroatoms. The molecule has 11 nitrogen and oxygen atoms in total. The van der Waals surface area contributed by atoms with Crippen LogP contribution in [0.1, 0.15) is 82.4 Å². The summed E-state index contributed by atoms with van der Waals surface area (Å²) in [5.74, 6) is -0.0205. The van der Waals surface area contributed by atoms with Gasteiger partial charge in [-0.25, -0.2) is 9.97 Å². The number of nitrogens with one attached hydrogen (secondary N) is 3. The maximum absolute atomic E-state index is 13.8. The number of ether oxygens (including phenoxy) is 2. The Labute approximate surface area is 310 Å². The Balaban J connectivity index is 1.11. The van der Waals surface area contributed by atoms with Gasteiger partial charge in [-0.2, -0.15) is 0 Å². The minimum Gasteiger partial charge on any atom is -0.460 e. The van der Waals surface area contributed by atoms with Crippen LogP contribution in [0.2, 0.25) is 0 Å². The van der Waals surface area contributed by atoms with Gasteiger partial charge in [0.05, 0.1) is 18.6 Å². The molecule has 52 heavy (non-hydrogen) atoms. The molecule has 5 rings (SSSR count). The lowest BCUT2D eigenvalue weighted by molar-refractivity contribution is -0.162. The van der Waals surface area contributed by atoms with Crippen LogP contribution in [-0.2, 0) is 25.6 Å². The monoisotopic (exact) mass is 726 g/mol. The summed E-state index contributed by atoms with van der Waals surface area (Å²) in [5.41, 5.74) is 2.65. The number of benzene rings is 2. The van der Waals surface area contributed by atoms with E-state index in [0.29, 0.717) is 30.4 Å². The van der Waals surface area contributed by atoms with Crippen molar-refractivity contribution in [3.8, 4) is 11.1 Å². The standard InChI is InChI=1S/C40H50N6O5S/c1-38(2,3)51-33(47)22-40(6,7)50-26-39(4,5)25-41-17-18-42-32-16-15-29(23-44-32)28-13-14-30-24-46(36(49)31(30)21-28)34(27-11-9-8-10-12-27)35(48)45-37-43-19-20-52-37/h8-16,19-21,23,34,41H,17-18,22,24-26H2,1-7H3,(H,42,44)(H,43,45,48). The van der Waals surface area contributed by atoms with Crippen molar-refractivity contribution >= 4 is 40.1 Å². The van der Waals surface area contributed by atoms with Crippen molar-refractivity contribution in [3.63, 3.8) is 0 Å². The fourth-order valence-electron chi connectivity index (χ4n) is 5.87. The SMILES string of the molecule is CC(C)(CNCCNc1ccc(-c2ccc3c(c2)C(=O)N(C(C(=O)Nc2nccs2)c2ccccc2)C3)cn1)COC(C)(C)CC(=O)OC(C)(C)C. The third kappa shape index (κ3) is 10.7. The second kappa shape index (κ2) is 16.4. The van der Waals surface area contributed by atoms with Crippen molar-refractivity contribution in [3.05, 3.63) is 95.1 Å². The predicted molar refractivity (Wildman–Crippen MR) is 205 cm³/mol. The molecule has 276 valence electrons. The zero-order valence-corrected chi connectivity index (χ0v) is 31.9. The second-order valence-corrected chi connectivity index (χ2v) is 16.4. The van der Waals surface area contributed by atoms with E-state index in [0.717, 1.165) is 41.2 Å². The van der Waals surface area contributed by atoms with Crippen LogP contribution in [0.15, 0.2) is 78.4 Å². The Bertz CT molecular complexity index is 1820. The van der Waals surface area contributed by atoms with E-state index in [1.165, 1.54) is 11.3 Å². The molecule has 2 amide bonds. The smallest absolute Gasteiger partial charge is 0.309 e. The molecule has 2 aromatic heterocycles. The van der Waals surface area contributed by atoms with Crippen LogP contribution in [0.4, 0.5) is 10.9 Å². The van der Waals surface area contributed by atoms with E-state index >= 15 is 0 Å². The first-order valence-electron chi connectivity index (χ1n) is 17.6. The molecular weight excluding hydrogens is 677 g/mol. The van der Waals surface area contributed by atoms with E-state index in [9.17, 15) is 14.4 Å². The van der Waals surface area contributed by atoms with Crippen LogP contribution < -0.4 is 16.0 Å². The van der Waals surface area contributed by atoms with Gasteiger partial charge in [-0.15, -0.1) is 11.3 Å². The average Bonchev–Trinajstić information content (AvgIpc) is 3.71. The van der Waals surface area contributed by atoms with Crippen molar-refractivity contribution < 1.29 is 23.9 Å². The summed E-state index contributed by atoms with van der Waals surface area (Å²) in [4.78, 5) is 50.0. The van der Waals surface area contributed by atoms with Gasteiger partial charge < -0.3 is 25.0 Å². The third-order valence-corrected chi connectivity index (χ3v) is 9.12. The molecule has 2 aromatic carbocycles. The summed E-state index contributed by atoms with van der Waals surface area (Å²) >= 11 is 1.33. The molecule has 4 aromatic rings. The molecule has 3 N–H and O–H groups in total. The number of esters is 1. The lowest BCUT2D eigenvalue weighted by atomic mass is 9.94. The van der Waals surface area contributed by atoms with Crippen molar-refractivity contribution in [1.29, 1.82) is 0 Å². The molecule has 0 aliphatic carbocycles. The fourth-order valence-corrected chi connectivity index (χ4v) is 6.40. The summed E-state index contributed by atoms with van der Waals surface area (Å²) in [6, 6.07) is 18.3. The molecule has 0 saturated heterocycles. The van der Waals surface area contributed by atoms with Gasteiger partial charge in [-0.1, -0.05) is 56.3 Å². The van der Waals surface area contributed by atoms with Gasteiger partial charge in [0.1, 0.15) is 17.5 Å². The van der Waals surface area contributed by atoms with E-state index in [1.807, 2.05) is 95.3 Å². The number of aromatic nitrogens is 2. The summed E-state index contributed by atoms with van der Waals surface area (Å²) in [7, 11) is 0. The van der Waals surface area contributed by atoms with Crippen LogP contribution in [0.5, 0.6) is 0 Å². The van der Waals surface area contributed by atoms with E-state index in [4.69, 9.17) is 9.47 Å². The largest absolute Gasteiger partial charge is 0.460 e. The fraction of sp³-hybridized carbons (Fsp3) is 0.425. The highest BCUT2D eigenvalue weighted by molar-refractivity contribution is 7.13. The van der Waals surface area contributed by atoms with Crippen molar-refractivity contribution in [2.45, 2.75) is 78.7 Å². The van der Waals surface area contributed by atoms with E-state index in [-0.39, 0.29) is 29.6 Å². The molecule has 1 aliphatic rings. The summed E-state index contributed by atoms with van der Waals surface area (Å²) in [6.07, 6.45) is 3.62. The van der Waals surface area contributed by atoms with Gasteiger partial charge in [0.2, 0.25) is 0 Å². The number of hydrogen-bond acceptors (Lipinski definition) is 10. The molecule has 0 bridgehead atoms. The lowest BCUT2D eigenvalue weighted by Crippen LogP contribution is -2.39. The molecule has 1 unspecified atom stereocenters. The highest BCUT2D eigenvalue weighted by atomic mass is 32.1. The van der Waals surface area contributed by atoms with E-state index < -0.39 is 17.2 Å². The van der Waals surface area contributed by atoms with Gasteiger partial charge in [0, 0.05) is 60.5 Å². The minimum absolute atomic E-state index is 0.143. The number of nitrogens with zero attached hydrogens (tertiary/aromatic N) is 3. The third-order valence-electron chi connectivity index (χ3n) is 8.43. The Hall–Kier alpha value is -4.65. The number of rotatable bonds is 16. The van der Waals surface area contributed by atoms with Crippen molar-refractivity contribution in [2.75, 3.05) is 36.9 Å². The highest BCUT2D eigenvalue weighted by Crippen LogP contribution is 2.35. The van der Waals surface area contributed by atoms with Crippen LogP contribution in [-0.4, -0.2) is 70.1 Å². The van der Waals surface area contributed by atoms with Crippen LogP contribution in [0.25, 0.3) is 11.1 Å². The molecule has 0 saturated carbocycles. The maximum atomic E-state index is 13.8.